The number of rotatable bonds is 6. The van der Waals surface area contributed by atoms with E-state index in [1.165, 1.54) is 5.56 Å². The first-order chi connectivity index (χ1) is 14.0. The highest BCUT2D eigenvalue weighted by atomic mass is 16.5. The number of nitrogens with zero attached hydrogens (tertiary/aromatic N) is 3. The van der Waals surface area contributed by atoms with Gasteiger partial charge in [0, 0.05) is 57.5 Å². The molecule has 0 spiro atoms. The van der Waals surface area contributed by atoms with Gasteiger partial charge in [0.1, 0.15) is 0 Å². The molecule has 3 rings (SSSR count). The summed E-state index contributed by atoms with van der Waals surface area (Å²) >= 11 is 0. The minimum absolute atomic E-state index is 0.141. The van der Waals surface area contributed by atoms with Gasteiger partial charge in [-0.2, -0.15) is 0 Å². The van der Waals surface area contributed by atoms with Crippen LogP contribution in [0, 0.1) is 0 Å². The highest BCUT2D eigenvalue weighted by Crippen LogP contribution is 2.25. The minimum atomic E-state index is 0.141. The van der Waals surface area contributed by atoms with Crippen LogP contribution >= 0.6 is 0 Å². The van der Waals surface area contributed by atoms with Crippen LogP contribution in [0.25, 0.3) is 0 Å². The summed E-state index contributed by atoms with van der Waals surface area (Å²) in [5.41, 5.74) is 1.54. The maximum absolute atomic E-state index is 5.59. The summed E-state index contributed by atoms with van der Waals surface area (Å²) in [4.78, 5) is 9.44. The first kappa shape index (κ1) is 22.1. The zero-order valence-electron chi connectivity index (χ0n) is 18.7. The summed E-state index contributed by atoms with van der Waals surface area (Å²) in [5.74, 6) is 0.923. The van der Waals surface area contributed by atoms with E-state index in [9.17, 15) is 0 Å². The van der Waals surface area contributed by atoms with Gasteiger partial charge in [0.15, 0.2) is 5.96 Å². The second kappa shape index (κ2) is 10.4. The van der Waals surface area contributed by atoms with Gasteiger partial charge in [-0.15, -0.1) is 0 Å². The zero-order chi connectivity index (χ0) is 20.7. The van der Waals surface area contributed by atoms with E-state index in [1.54, 1.807) is 0 Å². The van der Waals surface area contributed by atoms with Crippen LogP contribution in [0.4, 0.5) is 0 Å². The van der Waals surface area contributed by atoms with Crippen LogP contribution in [0.2, 0.25) is 0 Å². The number of guanidine groups is 1. The molecule has 0 radical (unpaired) electrons. The van der Waals surface area contributed by atoms with Gasteiger partial charge in [-0.3, -0.25) is 9.89 Å². The number of nitrogens with one attached hydrogen (secondary N) is 2. The molecule has 2 fully saturated rings. The highest BCUT2D eigenvalue weighted by molar-refractivity contribution is 5.80. The van der Waals surface area contributed by atoms with Crippen LogP contribution in [-0.4, -0.2) is 80.8 Å². The molecular weight excluding hydrogens is 362 g/mol. The SMILES string of the molecule is CN=C(NCC1(N(C)C)CCOCC1)NC1CCN(Cc2ccccc2)C(C)C1. The first-order valence-electron chi connectivity index (χ1n) is 11.0. The molecule has 162 valence electrons. The van der Waals surface area contributed by atoms with E-state index in [0.29, 0.717) is 12.1 Å². The average Bonchev–Trinajstić information content (AvgIpc) is 2.74. The predicted molar refractivity (Wildman–Crippen MR) is 120 cm³/mol. The monoisotopic (exact) mass is 401 g/mol. The number of likely N-dealkylation sites (tertiary alicyclic amines) is 1. The fourth-order valence-corrected chi connectivity index (χ4v) is 4.57. The van der Waals surface area contributed by atoms with Crippen molar-refractivity contribution in [1.82, 2.24) is 20.4 Å². The summed E-state index contributed by atoms with van der Waals surface area (Å²) in [7, 11) is 6.22. The molecule has 2 unspecified atom stereocenters. The standard InChI is InChI=1S/C23H39N5O/c1-19-16-21(10-13-28(19)17-20-8-6-5-7-9-20)26-22(24-2)25-18-23(27(3)4)11-14-29-15-12-23/h5-9,19,21H,10-18H2,1-4H3,(H2,24,25,26). The number of aliphatic imine (C=N–C) groups is 1. The molecule has 0 bridgehead atoms. The summed E-state index contributed by atoms with van der Waals surface area (Å²) in [6.45, 7) is 7.06. The lowest BCUT2D eigenvalue weighted by atomic mass is 9.88. The normalized spacial score (nSPS) is 25.8. The molecule has 2 saturated heterocycles. The van der Waals surface area contributed by atoms with Gasteiger partial charge < -0.3 is 20.3 Å². The number of ether oxygens (including phenoxy) is 1. The molecule has 0 amide bonds. The van der Waals surface area contributed by atoms with Crippen LogP contribution in [-0.2, 0) is 11.3 Å². The van der Waals surface area contributed by atoms with E-state index in [2.05, 4.69) is 76.8 Å². The van der Waals surface area contributed by atoms with Crippen molar-refractivity contribution < 1.29 is 4.74 Å². The Kier molecular flexibility index (Phi) is 7.92. The summed E-state index contributed by atoms with van der Waals surface area (Å²) in [5, 5.41) is 7.28. The molecule has 2 atom stereocenters. The Morgan fingerprint density at radius 1 is 1.24 bits per heavy atom. The molecule has 1 aromatic rings. The number of benzene rings is 1. The molecule has 29 heavy (non-hydrogen) atoms. The predicted octanol–water partition coefficient (Wildman–Crippen LogP) is 2.32. The van der Waals surface area contributed by atoms with Crippen LogP contribution in [0.15, 0.2) is 35.3 Å². The maximum Gasteiger partial charge on any atom is 0.191 e. The Morgan fingerprint density at radius 3 is 2.59 bits per heavy atom. The lowest BCUT2D eigenvalue weighted by Gasteiger charge is -2.43. The maximum atomic E-state index is 5.59. The van der Waals surface area contributed by atoms with Gasteiger partial charge >= 0.3 is 0 Å². The van der Waals surface area contributed by atoms with E-state index >= 15 is 0 Å². The smallest absolute Gasteiger partial charge is 0.191 e. The van der Waals surface area contributed by atoms with Crippen molar-refractivity contribution in [2.75, 3.05) is 47.4 Å². The lowest BCUT2D eigenvalue weighted by molar-refractivity contribution is -0.00505. The molecule has 2 aliphatic heterocycles. The quantitative estimate of drug-likeness (QED) is 0.566. The minimum Gasteiger partial charge on any atom is -0.381 e. The van der Waals surface area contributed by atoms with Crippen molar-refractivity contribution in [2.24, 2.45) is 4.99 Å². The van der Waals surface area contributed by atoms with E-state index in [0.717, 1.165) is 64.5 Å². The molecule has 0 saturated carbocycles. The van der Waals surface area contributed by atoms with Crippen molar-refractivity contribution >= 4 is 5.96 Å². The van der Waals surface area contributed by atoms with Gasteiger partial charge in [-0.05, 0) is 52.3 Å². The van der Waals surface area contributed by atoms with E-state index in [-0.39, 0.29) is 5.54 Å². The van der Waals surface area contributed by atoms with Crippen molar-refractivity contribution in [1.29, 1.82) is 0 Å². The third-order valence-corrected chi connectivity index (χ3v) is 6.76. The van der Waals surface area contributed by atoms with Gasteiger partial charge in [-0.1, -0.05) is 30.3 Å². The molecule has 1 aromatic carbocycles. The number of hydrogen-bond donors (Lipinski definition) is 2. The van der Waals surface area contributed by atoms with Crippen molar-refractivity contribution in [3.05, 3.63) is 35.9 Å². The second-order valence-corrected chi connectivity index (χ2v) is 8.83. The molecule has 2 N–H and O–H groups in total. The topological polar surface area (TPSA) is 52.1 Å². The third-order valence-electron chi connectivity index (χ3n) is 6.76. The van der Waals surface area contributed by atoms with Crippen LogP contribution < -0.4 is 10.6 Å². The van der Waals surface area contributed by atoms with Gasteiger partial charge in [0.2, 0.25) is 0 Å². The van der Waals surface area contributed by atoms with E-state index in [1.807, 2.05) is 7.05 Å². The Bertz CT molecular complexity index is 642. The zero-order valence-corrected chi connectivity index (χ0v) is 18.7. The molecule has 2 heterocycles. The summed E-state index contributed by atoms with van der Waals surface area (Å²) in [6.07, 6.45) is 4.39. The lowest BCUT2D eigenvalue weighted by Crippen LogP contribution is -2.58. The highest BCUT2D eigenvalue weighted by Gasteiger charge is 2.35. The van der Waals surface area contributed by atoms with Crippen molar-refractivity contribution in [3.8, 4) is 0 Å². The molecule has 6 nitrogen and oxygen atoms in total. The molecule has 0 aliphatic carbocycles. The largest absolute Gasteiger partial charge is 0.381 e. The third kappa shape index (κ3) is 5.93. The second-order valence-electron chi connectivity index (χ2n) is 8.83. The molecular formula is C23H39N5O. The number of likely N-dealkylation sites (N-methyl/N-ethyl adjacent to an activating group) is 1. The van der Waals surface area contributed by atoms with Gasteiger partial charge in [0.05, 0.1) is 0 Å². The van der Waals surface area contributed by atoms with Crippen LogP contribution in [0.5, 0.6) is 0 Å². The van der Waals surface area contributed by atoms with Crippen LogP contribution in [0.1, 0.15) is 38.2 Å². The Labute approximate surface area is 176 Å². The van der Waals surface area contributed by atoms with E-state index in [4.69, 9.17) is 4.74 Å². The van der Waals surface area contributed by atoms with Gasteiger partial charge in [-0.25, -0.2) is 0 Å². The van der Waals surface area contributed by atoms with Crippen molar-refractivity contribution in [3.63, 3.8) is 0 Å². The fraction of sp³-hybridized carbons (Fsp3) is 0.696. The van der Waals surface area contributed by atoms with Crippen molar-refractivity contribution in [2.45, 2.75) is 56.8 Å². The number of piperidine rings is 1. The fourth-order valence-electron chi connectivity index (χ4n) is 4.57. The Morgan fingerprint density at radius 2 is 1.97 bits per heavy atom. The Hall–Kier alpha value is -1.63. The molecule has 6 heteroatoms. The summed E-state index contributed by atoms with van der Waals surface area (Å²) in [6, 6.07) is 11.8. The first-order valence-corrected chi connectivity index (χ1v) is 11.0. The van der Waals surface area contributed by atoms with E-state index < -0.39 is 0 Å². The van der Waals surface area contributed by atoms with Gasteiger partial charge in [0.25, 0.3) is 0 Å². The summed E-state index contributed by atoms with van der Waals surface area (Å²) < 4.78 is 5.59. The average molecular weight is 402 g/mol. The van der Waals surface area contributed by atoms with Crippen LogP contribution in [0.3, 0.4) is 0 Å². The molecule has 2 aliphatic rings. The molecule has 0 aromatic heterocycles. The number of hydrogen-bond acceptors (Lipinski definition) is 4. The Balaban J connectivity index is 1.49.